The maximum atomic E-state index is 10.3. The van der Waals surface area contributed by atoms with Crippen LogP contribution in [-0.4, -0.2) is 54.0 Å². The summed E-state index contributed by atoms with van der Waals surface area (Å²) in [5, 5.41) is 10.3. The first-order valence-electron chi connectivity index (χ1n) is 5.45. The van der Waals surface area contributed by atoms with Gasteiger partial charge in [-0.2, -0.15) is 0 Å². The van der Waals surface area contributed by atoms with Gasteiger partial charge in [0.05, 0.1) is 18.8 Å². The molecule has 4 heterocycles. The molecule has 4 aliphatic heterocycles. The first kappa shape index (κ1) is 9.09. The predicted molar refractivity (Wildman–Crippen MR) is 51.9 cm³/mol. The highest BCUT2D eigenvalue weighted by molar-refractivity contribution is 5.15. The van der Waals surface area contributed by atoms with Crippen LogP contribution in [0.5, 0.6) is 0 Å². The van der Waals surface area contributed by atoms with Crippen molar-refractivity contribution in [3.05, 3.63) is 0 Å². The van der Waals surface area contributed by atoms with Crippen molar-refractivity contribution in [3.8, 4) is 0 Å². The summed E-state index contributed by atoms with van der Waals surface area (Å²) in [4.78, 5) is 2.37. The standard InChI is InChI=1S/C10H18N2O2/c11-10(9(13)6-14-7-9)5-12-3-1-8(10)2-4-12/h8,13H,1-7,11H2. The molecule has 1 unspecified atom stereocenters. The number of ether oxygens (including phenoxy) is 1. The highest BCUT2D eigenvalue weighted by Gasteiger charge is 2.59. The van der Waals surface area contributed by atoms with E-state index in [1.807, 2.05) is 0 Å². The highest BCUT2D eigenvalue weighted by Crippen LogP contribution is 2.43. The van der Waals surface area contributed by atoms with Crippen molar-refractivity contribution in [3.63, 3.8) is 0 Å². The Morgan fingerprint density at radius 3 is 2.29 bits per heavy atom. The zero-order chi connectivity index (χ0) is 9.81. The maximum absolute atomic E-state index is 10.3. The summed E-state index contributed by atoms with van der Waals surface area (Å²) in [6.45, 7) is 4.00. The lowest BCUT2D eigenvalue weighted by molar-refractivity contribution is -0.241. The van der Waals surface area contributed by atoms with Crippen LogP contribution < -0.4 is 5.73 Å². The van der Waals surface area contributed by atoms with Gasteiger partial charge in [0.1, 0.15) is 5.60 Å². The molecule has 4 fully saturated rings. The average Bonchev–Trinajstić information content (AvgIpc) is 2.15. The third-order valence-corrected chi connectivity index (χ3v) is 4.35. The van der Waals surface area contributed by atoms with Crippen LogP contribution in [0.25, 0.3) is 0 Å². The van der Waals surface area contributed by atoms with Crippen molar-refractivity contribution in [2.24, 2.45) is 11.7 Å². The number of piperidine rings is 3. The van der Waals surface area contributed by atoms with Gasteiger partial charge in [0, 0.05) is 6.54 Å². The molecule has 1 atom stereocenters. The zero-order valence-corrected chi connectivity index (χ0v) is 8.41. The van der Waals surface area contributed by atoms with E-state index in [9.17, 15) is 5.11 Å². The molecular weight excluding hydrogens is 180 g/mol. The number of hydrogen-bond acceptors (Lipinski definition) is 4. The second-order valence-corrected chi connectivity index (χ2v) is 5.12. The third kappa shape index (κ3) is 0.972. The van der Waals surface area contributed by atoms with Crippen molar-refractivity contribution in [2.75, 3.05) is 32.8 Å². The van der Waals surface area contributed by atoms with Gasteiger partial charge in [-0.1, -0.05) is 0 Å². The van der Waals surface area contributed by atoms with Gasteiger partial charge in [0.2, 0.25) is 0 Å². The van der Waals surface area contributed by atoms with Gasteiger partial charge in [0.15, 0.2) is 0 Å². The molecule has 4 rings (SSSR count). The molecule has 4 heteroatoms. The minimum Gasteiger partial charge on any atom is -0.383 e. The summed E-state index contributed by atoms with van der Waals surface area (Å²) in [5.41, 5.74) is 5.24. The Bertz CT molecular complexity index is 247. The Balaban J connectivity index is 1.88. The van der Waals surface area contributed by atoms with Crippen LogP contribution in [0.3, 0.4) is 0 Å². The number of fused-ring (bicyclic) bond motifs is 3. The van der Waals surface area contributed by atoms with E-state index in [4.69, 9.17) is 10.5 Å². The number of rotatable bonds is 1. The molecule has 0 amide bonds. The molecule has 80 valence electrons. The Morgan fingerprint density at radius 1 is 1.29 bits per heavy atom. The van der Waals surface area contributed by atoms with Crippen molar-refractivity contribution >= 4 is 0 Å². The summed E-state index contributed by atoms with van der Waals surface area (Å²) in [5.74, 6) is 0.487. The summed E-state index contributed by atoms with van der Waals surface area (Å²) in [6, 6.07) is 0. The summed E-state index contributed by atoms with van der Waals surface area (Å²) < 4.78 is 5.12. The average molecular weight is 198 g/mol. The summed E-state index contributed by atoms with van der Waals surface area (Å²) in [7, 11) is 0. The van der Waals surface area contributed by atoms with Gasteiger partial charge < -0.3 is 20.5 Å². The van der Waals surface area contributed by atoms with Crippen LogP contribution in [-0.2, 0) is 4.74 Å². The lowest BCUT2D eigenvalue weighted by Crippen LogP contribution is -2.79. The SMILES string of the molecule is NC1(C2(O)COC2)CN2CCC1CC2. The monoisotopic (exact) mass is 198 g/mol. The van der Waals surface area contributed by atoms with E-state index < -0.39 is 11.1 Å². The van der Waals surface area contributed by atoms with Gasteiger partial charge in [-0.3, -0.25) is 0 Å². The minimum absolute atomic E-state index is 0.415. The smallest absolute Gasteiger partial charge is 0.130 e. The van der Waals surface area contributed by atoms with Gasteiger partial charge in [-0.25, -0.2) is 0 Å². The number of nitrogens with zero attached hydrogens (tertiary/aromatic N) is 1. The van der Waals surface area contributed by atoms with Gasteiger partial charge in [-0.15, -0.1) is 0 Å². The Morgan fingerprint density at radius 2 is 1.93 bits per heavy atom. The molecule has 0 saturated carbocycles. The Labute approximate surface area is 84.0 Å². The largest absolute Gasteiger partial charge is 0.383 e. The molecule has 0 aromatic heterocycles. The van der Waals surface area contributed by atoms with Crippen molar-refractivity contribution < 1.29 is 9.84 Å². The maximum Gasteiger partial charge on any atom is 0.130 e. The fraction of sp³-hybridized carbons (Fsp3) is 1.00. The quantitative estimate of drug-likeness (QED) is 0.577. The Kier molecular flexibility index (Phi) is 1.75. The highest BCUT2D eigenvalue weighted by atomic mass is 16.5. The summed E-state index contributed by atoms with van der Waals surface area (Å²) in [6.07, 6.45) is 2.28. The number of nitrogens with two attached hydrogens (primary N) is 1. The van der Waals surface area contributed by atoms with E-state index >= 15 is 0 Å². The zero-order valence-electron chi connectivity index (χ0n) is 8.41. The van der Waals surface area contributed by atoms with Crippen LogP contribution in [0.1, 0.15) is 12.8 Å². The van der Waals surface area contributed by atoms with E-state index in [2.05, 4.69) is 4.90 Å². The van der Waals surface area contributed by atoms with Gasteiger partial charge in [0.25, 0.3) is 0 Å². The second kappa shape index (κ2) is 2.70. The first-order chi connectivity index (χ1) is 6.64. The van der Waals surface area contributed by atoms with Crippen molar-refractivity contribution in [1.29, 1.82) is 0 Å². The third-order valence-electron chi connectivity index (χ3n) is 4.35. The number of aliphatic hydroxyl groups is 1. The minimum atomic E-state index is -0.753. The van der Waals surface area contributed by atoms with E-state index in [-0.39, 0.29) is 0 Å². The molecule has 2 bridgehead atoms. The van der Waals surface area contributed by atoms with Crippen LogP contribution >= 0.6 is 0 Å². The van der Waals surface area contributed by atoms with Gasteiger partial charge in [-0.05, 0) is 31.8 Å². The molecule has 0 aromatic rings. The molecule has 4 saturated heterocycles. The molecule has 0 aliphatic carbocycles. The molecule has 3 N–H and O–H groups in total. The number of hydrogen-bond donors (Lipinski definition) is 2. The van der Waals surface area contributed by atoms with Crippen LogP contribution in [0.4, 0.5) is 0 Å². The summed E-state index contributed by atoms with van der Waals surface area (Å²) >= 11 is 0. The molecule has 0 aromatic carbocycles. The van der Waals surface area contributed by atoms with E-state index in [1.165, 1.54) is 0 Å². The van der Waals surface area contributed by atoms with Crippen LogP contribution in [0.2, 0.25) is 0 Å². The van der Waals surface area contributed by atoms with Crippen LogP contribution in [0.15, 0.2) is 0 Å². The van der Waals surface area contributed by atoms with Crippen molar-refractivity contribution in [2.45, 2.75) is 24.0 Å². The van der Waals surface area contributed by atoms with Crippen LogP contribution in [0, 0.1) is 5.92 Å². The molecule has 0 spiro atoms. The lowest BCUT2D eigenvalue weighted by Gasteiger charge is -2.60. The topological polar surface area (TPSA) is 58.7 Å². The van der Waals surface area contributed by atoms with Crippen molar-refractivity contribution in [1.82, 2.24) is 4.90 Å². The molecule has 14 heavy (non-hydrogen) atoms. The van der Waals surface area contributed by atoms with E-state index in [0.29, 0.717) is 19.1 Å². The Hall–Kier alpha value is -0.160. The molecule has 0 radical (unpaired) electrons. The molecular formula is C10H18N2O2. The van der Waals surface area contributed by atoms with Gasteiger partial charge >= 0.3 is 0 Å². The lowest BCUT2D eigenvalue weighted by atomic mass is 9.63. The fourth-order valence-electron chi connectivity index (χ4n) is 3.20. The second-order valence-electron chi connectivity index (χ2n) is 5.12. The molecule has 4 nitrogen and oxygen atoms in total. The normalized spacial score (nSPS) is 50.1. The fourth-order valence-corrected chi connectivity index (χ4v) is 3.20. The van der Waals surface area contributed by atoms with E-state index in [1.54, 1.807) is 0 Å². The van der Waals surface area contributed by atoms with E-state index in [0.717, 1.165) is 32.5 Å². The molecule has 4 aliphatic rings. The first-order valence-corrected chi connectivity index (χ1v) is 5.45. The predicted octanol–water partition coefficient (Wildman–Crippen LogP) is -0.829.